The maximum absolute atomic E-state index is 14.8. The number of rotatable bonds is 39. The van der Waals surface area contributed by atoms with Crippen LogP contribution in [0.15, 0.2) is 73.3 Å². The molecule has 0 unspecified atom stereocenters. The van der Waals surface area contributed by atoms with E-state index in [9.17, 15) is 57.8 Å². The number of aromatic amines is 2. The van der Waals surface area contributed by atoms with E-state index in [1.807, 2.05) is 6.92 Å². The number of carboxylic acids is 1. The monoisotopic (exact) mass is 1200 g/mol. The third-order valence-electron chi connectivity index (χ3n) is 13.1. The standard InChI is InChI=1S/C55H78N16O13S/c1-4-5-17-39(65-32(2)72)50(79)71-44(26-47(75)76)54(83)70-43(25-35-28-59-31-64-35)53(82)68-41(23-33-14-7-6-8-15-33)52(81)67-40(20-13-22-61-55(57)58)51(80)69-42(24-34-27-62-37-18-10-9-16-36(34)37)49(78)63-29-45(73)66-38(48(56)77)19-11-12-21-60-46(74)30-85-84-3/h6-10,14-16,18,27-28,31,38-44,62H,4-5,11-13,17,19-26,29-30H2,1-3H3,(H2,56,77)(H,59,64)(H,60,74)(H,63,78)(H,65,72)(H,66,73)(H,67,81)(H,68,82)(H,69,80)(H,70,83)(H,71,79)(H,75,76)(H4,57,58,61)/t38-,39-,40-,41+,42-,43-,44-/m0/s1. The van der Waals surface area contributed by atoms with Crippen molar-refractivity contribution in [1.29, 1.82) is 5.41 Å². The van der Waals surface area contributed by atoms with Crippen LogP contribution in [0.2, 0.25) is 0 Å². The number of carboxylic acid groups (broad SMARTS) is 1. The quantitative estimate of drug-likeness (QED) is 0.0104. The van der Waals surface area contributed by atoms with E-state index >= 15 is 0 Å². The number of aromatic nitrogens is 3. The summed E-state index contributed by atoms with van der Waals surface area (Å²) >= 11 is 0.978. The van der Waals surface area contributed by atoms with Crippen LogP contribution < -0.4 is 64.6 Å². The summed E-state index contributed by atoms with van der Waals surface area (Å²) in [6, 6.07) is 5.75. The lowest BCUT2D eigenvalue weighted by atomic mass is 10.0. The van der Waals surface area contributed by atoms with E-state index in [4.69, 9.17) is 21.1 Å². The number of aliphatic carboxylic acids is 1. The molecule has 4 rings (SSSR count). The molecule has 18 N–H and O–H groups in total. The van der Waals surface area contributed by atoms with Crippen LogP contribution in [0.4, 0.5) is 0 Å². The summed E-state index contributed by atoms with van der Waals surface area (Å²) in [6.45, 7) is 2.78. The van der Waals surface area contributed by atoms with Crippen molar-refractivity contribution in [2.24, 2.45) is 11.5 Å². The number of fused-ring (bicyclic) bond motifs is 1. The Bertz CT molecular complexity index is 2890. The van der Waals surface area contributed by atoms with Crippen molar-refractivity contribution in [2.45, 2.75) is 133 Å². The number of guanidine groups is 1. The summed E-state index contributed by atoms with van der Waals surface area (Å²) in [5.41, 5.74) is 13.2. The van der Waals surface area contributed by atoms with Gasteiger partial charge in [0.25, 0.3) is 0 Å². The molecule has 0 aliphatic carbocycles. The van der Waals surface area contributed by atoms with Gasteiger partial charge in [0, 0.05) is 74.6 Å². The van der Waals surface area contributed by atoms with E-state index in [-0.39, 0.29) is 74.8 Å². The molecule has 10 amide bonds. The number of H-pyrrole nitrogens is 2. The second kappa shape index (κ2) is 36.5. The number of carbonyl (C=O) groups is 11. The van der Waals surface area contributed by atoms with Gasteiger partial charge in [-0.1, -0.05) is 68.3 Å². The lowest BCUT2D eigenvalue weighted by Crippen LogP contribution is -2.60. The number of amides is 10. The van der Waals surface area contributed by atoms with Gasteiger partial charge in [-0.05, 0) is 55.7 Å². The van der Waals surface area contributed by atoms with E-state index in [1.165, 1.54) is 26.6 Å². The number of unbranched alkanes of at least 4 members (excludes halogenated alkanes) is 2. The average molecular weight is 1200 g/mol. The van der Waals surface area contributed by atoms with Crippen molar-refractivity contribution in [1.82, 2.24) is 68.1 Å². The first-order valence-corrected chi connectivity index (χ1v) is 28.5. The highest BCUT2D eigenvalue weighted by molar-refractivity contribution is 7.95. The minimum atomic E-state index is -1.74. The van der Waals surface area contributed by atoms with E-state index in [1.54, 1.807) is 60.8 Å². The third kappa shape index (κ3) is 25.1. The van der Waals surface area contributed by atoms with E-state index in [2.05, 4.69) is 68.1 Å². The maximum Gasteiger partial charge on any atom is 0.305 e. The number of nitrogens with two attached hydrogens (primary N) is 2. The Morgan fingerprint density at radius 1 is 0.624 bits per heavy atom. The van der Waals surface area contributed by atoms with Gasteiger partial charge in [0.2, 0.25) is 59.1 Å². The zero-order chi connectivity index (χ0) is 62.3. The van der Waals surface area contributed by atoms with Crippen molar-refractivity contribution in [3.63, 3.8) is 0 Å². The summed E-state index contributed by atoms with van der Waals surface area (Å²) in [5, 5.41) is 44.1. The number of nitrogens with zero attached hydrogens (tertiary/aromatic N) is 1. The topological polar surface area (TPSA) is 458 Å². The Morgan fingerprint density at radius 2 is 1.20 bits per heavy atom. The maximum atomic E-state index is 14.8. The first-order chi connectivity index (χ1) is 40.7. The number of primary amides is 1. The van der Waals surface area contributed by atoms with Gasteiger partial charge in [-0.25, -0.2) is 4.98 Å². The van der Waals surface area contributed by atoms with Crippen LogP contribution >= 0.6 is 12.0 Å². The zero-order valence-electron chi connectivity index (χ0n) is 47.6. The van der Waals surface area contributed by atoms with Crippen LogP contribution in [-0.4, -0.2) is 166 Å². The number of carbonyl (C=O) groups excluding carboxylic acids is 10. The highest BCUT2D eigenvalue weighted by Crippen LogP contribution is 2.20. The van der Waals surface area contributed by atoms with Crippen molar-refractivity contribution >= 4 is 93.9 Å². The Balaban J connectivity index is 1.61. The number of hydrogen-bond acceptors (Lipinski definition) is 15. The molecular formula is C55H78N16O13S. The molecule has 462 valence electrons. The molecule has 85 heavy (non-hydrogen) atoms. The second-order valence-corrected chi connectivity index (χ2v) is 20.7. The van der Waals surface area contributed by atoms with Crippen LogP contribution in [-0.2, 0) is 76.2 Å². The summed E-state index contributed by atoms with van der Waals surface area (Å²) in [6.07, 6.45) is 5.18. The number of benzene rings is 2. The molecule has 0 bridgehead atoms. The van der Waals surface area contributed by atoms with Crippen LogP contribution in [0, 0.1) is 5.41 Å². The van der Waals surface area contributed by atoms with Gasteiger partial charge >= 0.3 is 5.97 Å². The molecule has 2 heterocycles. The highest BCUT2D eigenvalue weighted by Gasteiger charge is 2.35. The van der Waals surface area contributed by atoms with Crippen LogP contribution in [0.25, 0.3) is 10.9 Å². The first-order valence-electron chi connectivity index (χ1n) is 27.6. The lowest BCUT2D eigenvalue weighted by molar-refractivity contribution is -0.141. The van der Waals surface area contributed by atoms with E-state index in [0.29, 0.717) is 48.7 Å². The van der Waals surface area contributed by atoms with Gasteiger partial charge in [0.1, 0.15) is 42.3 Å². The minimum Gasteiger partial charge on any atom is -0.481 e. The predicted molar refractivity (Wildman–Crippen MR) is 313 cm³/mol. The Hall–Kier alpha value is -9.06. The second-order valence-electron chi connectivity index (χ2n) is 19.8. The van der Waals surface area contributed by atoms with Gasteiger partial charge in [-0.3, -0.25) is 58.1 Å². The third-order valence-corrected chi connectivity index (χ3v) is 13.7. The summed E-state index contributed by atoms with van der Waals surface area (Å²) in [5.74, 6) is -9.63. The molecule has 0 aliphatic rings. The fourth-order valence-electron chi connectivity index (χ4n) is 8.76. The first kappa shape index (κ1) is 68.4. The predicted octanol–water partition coefficient (Wildman–Crippen LogP) is -1.56. The molecule has 2 aromatic heterocycles. The molecule has 0 saturated carbocycles. The van der Waals surface area contributed by atoms with Crippen LogP contribution in [0.1, 0.15) is 88.5 Å². The van der Waals surface area contributed by atoms with Crippen LogP contribution in [0.3, 0.4) is 0 Å². The van der Waals surface area contributed by atoms with Gasteiger partial charge < -0.3 is 83.9 Å². The van der Waals surface area contributed by atoms with E-state index in [0.717, 1.165) is 17.6 Å². The van der Waals surface area contributed by atoms with Crippen molar-refractivity contribution in [2.75, 3.05) is 32.5 Å². The van der Waals surface area contributed by atoms with Crippen molar-refractivity contribution < 1.29 is 62.0 Å². The van der Waals surface area contributed by atoms with Gasteiger partial charge in [-0.15, -0.1) is 0 Å². The van der Waals surface area contributed by atoms with Crippen molar-refractivity contribution in [3.8, 4) is 0 Å². The SMILES string of the molecule is CCCC[C@H](NC(C)=O)C(=O)N[C@@H](CC(=O)O)C(=O)N[C@@H](Cc1c[nH]cn1)C(=O)N[C@H](Cc1ccccc1)C(=O)N[C@@H](CCCNC(=N)N)C(=O)N[C@@H](Cc1c[nH]c2ccccc12)C(=O)NCC(=O)N[C@@H](CCCCNC(=O)CSOC)C(N)=O. The number of para-hydroxylation sites is 1. The average Bonchev–Trinajstić information content (AvgIpc) is 3.75. The highest BCUT2D eigenvalue weighted by atomic mass is 32.2. The molecule has 0 aliphatic heterocycles. The molecule has 0 fully saturated rings. The smallest absolute Gasteiger partial charge is 0.305 e. The van der Waals surface area contributed by atoms with Gasteiger partial charge in [0.15, 0.2) is 5.96 Å². The summed E-state index contributed by atoms with van der Waals surface area (Å²) in [4.78, 5) is 157. The minimum absolute atomic E-state index is 0.0645. The Kier molecular flexibility index (Phi) is 29.4. The molecule has 7 atom stereocenters. The molecular weight excluding hydrogens is 1120 g/mol. The molecule has 0 radical (unpaired) electrons. The Morgan fingerprint density at radius 3 is 1.82 bits per heavy atom. The van der Waals surface area contributed by atoms with E-state index < -0.39 is 114 Å². The lowest BCUT2D eigenvalue weighted by Gasteiger charge is -2.27. The summed E-state index contributed by atoms with van der Waals surface area (Å²) in [7, 11) is 1.44. The fraction of sp³-hybridized carbons (Fsp3) is 0.473. The molecule has 29 nitrogen and oxygen atoms in total. The van der Waals surface area contributed by atoms with Crippen LogP contribution in [0.5, 0.6) is 0 Å². The zero-order valence-corrected chi connectivity index (χ0v) is 48.5. The number of nitrogens with one attached hydrogen (secondary N) is 13. The van der Waals surface area contributed by atoms with Crippen molar-refractivity contribution in [3.05, 3.63) is 90.1 Å². The number of hydrogen-bond donors (Lipinski definition) is 16. The van der Waals surface area contributed by atoms with Gasteiger partial charge in [0.05, 0.1) is 37.8 Å². The summed E-state index contributed by atoms with van der Waals surface area (Å²) < 4.78 is 4.82. The fourth-order valence-corrected chi connectivity index (χ4v) is 9.09. The number of imidazole rings is 1. The Labute approximate surface area is 495 Å². The molecule has 4 aromatic rings. The molecule has 2 aromatic carbocycles. The normalized spacial score (nSPS) is 13.4. The molecule has 30 heteroatoms. The van der Waals surface area contributed by atoms with Gasteiger partial charge in [-0.2, -0.15) is 0 Å². The largest absolute Gasteiger partial charge is 0.481 e. The molecule has 0 spiro atoms. The molecule has 0 saturated heterocycles.